The quantitative estimate of drug-likeness (QED) is 0.593. The Labute approximate surface area is 86.8 Å². The molecule has 0 fully saturated rings. The van der Waals surface area contributed by atoms with E-state index in [1.54, 1.807) is 7.11 Å². The van der Waals surface area contributed by atoms with Gasteiger partial charge in [0, 0.05) is 0 Å². The van der Waals surface area contributed by atoms with Crippen molar-refractivity contribution >= 4 is 42.0 Å². The molecule has 3 heteroatoms. The monoisotopic (exact) mass is 328 g/mol. The molecule has 0 spiro atoms. The minimum atomic E-state index is 0.586. The van der Waals surface area contributed by atoms with Gasteiger partial charge in [-0.2, -0.15) is 0 Å². The minimum absolute atomic E-state index is 0.586. The third kappa shape index (κ3) is 2.35. The van der Waals surface area contributed by atoms with Crippen LogP contribution in [0.15, 0.2) is 18.2 Å². The van der Waals surface area contributed by atoms with E-state index in [-0.39, 0.29) is 0 Å². The molecule has 1 aromatic rings. The second-order valence-electron chi connectivity index (χ2n) is 2.00. The Bertz CT molecular complexity index is 250. The normalized spacial score (nSPS) is 9.73. The zero-order valence-corrected chi connectivity index (χ0v) is 10.3. The Morgan fingerprint density at radius 2 is 2.18 bits per heavy atom. The molecule has 0 aliphatic heterocycles. The van der Waals surface area contributed by atoms with Gasteiger partial charge in [-0.1, -0.05) is 0 Å². The van der Waals surface area contributed by atoms with Crippen LogP contribution in [-0.2, 0) is 0 Å². The van der Waals surface area contributed by atoms with Crippen molar-refractivity contribution in [3.63, 3.8) is 0 Å². The van der Waals surface area contributed by atoms with Crippen LogP contribution in [0.2, 0.25) is 5.82 Å². The molecule has 0 radical (unpaired) electrons. The molecule has 0 saturated carbocycles. The maximum atomic E-state index is 5.10. The van der Waals surface area contributed by atoms with Gasteiger partial charge in [-0.15, -0.1) is 0 Å². The average molecular weight is 327 g/mol. The molecule has 1 nitrogen and oxygen atoms in total. The summed E-state index contributed by atoms with van der Waals surface area (Å²) < 4.78 is 7.85. The number of benzene rings is 1. The first kappa shape index (κ1) is 9.36. The number of methoxy groups -OCH3 is 1. The van der Waals surface area contributed by atoms with Crippen LogP contribution in [0.1, 0.15) is 0 Å². The maximum absolute atomic E-state index is 5.10. The van der Waals surface area contributed by atoms with Gasteiger partial charge in [0.05, 0.1) is 0 Å². The molecule has 11 heavy (non-hydrogen) atoms. The van der Waals surface area contributed by atoms with Crippen LogP contribution in [0.5, 0.6) is 5.75 Å². The number of ether oxygens (including phenoxy) is 1. The Balaban J connectivity index is 2.99. The van der Waals surface area contributed by atoms with E-state index in [4.69, 9.17) is 4.74 Å². The fourth-order valence-corrected chi connectivity index (χ4v) is 3.37. The van der Waals surface area contributed by atoms with Crippen molar-refractivity contribution in [3.8, 4) is 5.75 Å². The second kappa shape index (κ2) is 4.33. The topological polar surface area (TPSA) is 9.23 Å². The van der Waals surface area contributed by atoms with E-state index in [1.165, 1.54) is 8.03 Å². The van der Waals surface area contributed by atoms with Crippen molar-refractivity contribution < 1.29 is 4.74 Å². The van der Waals surface area contributed by atoms with Crippen molar-refractivity contribution in [1.29, 1.82) is 0 Å². The van der Waals surface area contributed by atoms with Crippen molar-refractivity contribution in [2.75, 3.05) is 7.11 Å². The fourth-order valence-electron chi connectivity index (χ4n) is 0.774. The second-order valence-corrected chi connectivity index (χ2v) is 4.94. The molecule has 0 amide bonds. The summed E-state index contributed by atoms with van der Waals surface area (Å²) in [5.74, 6) is 3.17. The summed E-state index contributed by atoms with van der Waals surface area (Å²) >= 11 is 2.93. The van der Waals surface area contributed by atoms with Gasteiger partial charge in [0.25, 0.3) is 0 Å². The predicted octanol–water partition coefficient (Wildman–Crippen LogP) is 1.68. The van der Waals surface area contributed by atoms with Gasteiger partial charge in [-0.05, 0) is 0 Å². The summed E-state index contributed by atoms with van der Waals surface area (Å²) in [5.41, 5.74) is 0. The van der Waals surface area contributed by atoms with Crippen LogP contribution in [0, 0.1) is 3.57 Å². The zero-order valence-electron chi connectivity index (χ0n) is 6.43. The Morgan fingerprint density at radius 3 is 2.64 bits per heavy atom. The van der Waals surface area contributed by atoms with Crippen molar-refractivity contribution in [2.45, 2.75) is 5.82 Å². The average Bonchev–Trinajstić information content (AvgIpc) is 2.04. The zero-order chi connectivity index (χ0) is 8.27. The number of hydrogen-bond donors (Lipinski definition) is 0. The van der Waals surface area contributed by atoms with Crippen molar-refractivity contribution in [3.05, 3.63) is 21.8 Å². The molecule has 0 aromatic heterocycles. The Kier molecular flexibility index (Phi) is 3.69. The first-order chi connectivity index (χ1) is 5.27. The predicted molar refractivity (Wildman–Crippen MR) is 57.0 cm³/mol. The molecular weight excluding hydrogens is 318 g/mol. The third-order valence-corrected chi connectivity index (χ3v) is 4.74. The van der Waals surface area contributed by atoms with Gasteiger partial charge in [0.1, 0.15) is 0 Å². The van der Waals surface area contributed by atoms with Crippen LogP contribution in [0.25, 0.3) is 0 Å². The molecule has 0 unspecified atom stereocenters. The van der Waals surface area contributed by atoms with E-state index in [1.807, 2.05) is 6.07 Å². The molecule has 0 N–H and O–H groups in total. The van der Waals surface area contributed by atoms with Gasteiger partial charge in [0.2, 0.25) is 0 Å². The molecule has 0 heterocycles. The van der Waals surface area contributed by atoms with E-state index in [0.29, 0.717) is 15.0 Å². The van der Waals surface area contributed by atoms with Gasteiger partial charge in [-0.3, -0.25) is 0 Å². The molecule has 0 aliphatic carbocycles. The van der Waals surface area contributed by atoms with Crippen LogP contribution >= 0.6 is 22.6 Å². The van der Waals surface area contributed by atoms with E-state index in [2.05, 4.69) is 40.5 Å². The van der Waals surface area contributed by atoms with Gasteiger partial charge in [0.15, 0.2) is 0 Å². The van der Waals surface area contributed by atoms with Crippen molar-refractivity contribution in [2.24, 2.45) is 0 Å². The van der Waals surface area contributed by atoms with Gasteiger partial charge < -0.3 is 0 Å². The number of halogens is 1. The number of hydrogen-bond acceptors (Lipinski definition) is 1. The summed E-state index contributed by atoms with van der Waals surface area (Å²) in [5, 5.41) is 0. The summed E-state index contributed by atoms with van der Waals surface area (Å²) in [7, 11) is 1.70. The van der Waals surface area contributed by atoms with Gasteiger partial charge >= 0.3 is 87.2 Å². The fraction of sp³-hybridized carbons (Fsp3) is 0.250. The molecule has 1 rings (SSSR count). The summed E-state index contributed by atoms with van der Waals surface area (Å²) in [6.07, 6.45) is 0. The Morgan fingerprint density at radius 1 is 1.45 bits per heavy atom. The third-order valence-electron chi connectivity index (χ3n) is 1.36. The summed E-state index contributed by atoms with van der Waals surface area (Å²) in [6.45, 7) is 0. The van der Waals surface area contributed by atoms with E-state index < -0.39 is 0 Å². The van der Waals surface area contributed by atoms with Crippen LogP contribution in [-0.4, -0.2) is 22.1 Å². The van der Waals surface area contributed by atoms with E-state index >= 15 is 0 Å². The first-order valence-electron chi connectivity index (χ1n) is 3.15. The molecular formula is C8H9IOSe. The van der Waals surface area contributed by atoms with Crippen LogP contribution < -0.4 is 9.20 Å². The standard InChI is InChI=1S/C8H9IOSe/c1-10-6-3-4-8(11-2)7(9)5-6/h3-5H,1-2H3. The summed E-state index contributed by atoms with van der Waals surface area (Å²) in [4.78, 5) is 0. The first-order valence-corrected chi connectivity index (χ1v) is 6.80. The van der Waals surface area contributed by atoms with Crippen molar-refractivity contribution in [1.82, 2.24) is 0 Å². The SMILES string of the molecule is COc1ccc([Se]C)c(I)c1. The van der Waals surface area contributed by atoms with Crippen LogP contribution in [0.3, 0.4) is 0 Å². The van der Waals surface area contributed by atoms with E-state index in [0.717, 1.165) is 5.75 Å². The van der Waals surface area contributed by atoms with Crippen LogP contribution in [0.4, 0.5) is 0 Å². The molecule has 60 valence electrons. The van der Waals surface area contributed by atoms with E-state index in [9.17, 15) is 0 Å². The molecule has 0 saturated heterocycles. The Hall–Kier alpha value is 0.269. The number of rotatable bonds is 2. The summed E-state index contributed by atoms with van der Waals surface area (Å²) in [6, 6.07) is 6.23. The molecule has 0 bridgehead atoms. The molecule has 1 aromatic carbocycles. The molecule has 0 aliphatic rings. The molecule has 0 atom stereocenters. The van der Waals surface area contributed by atoms with Gasteiger partial charge in [-0.25, -0.2) is 0 Å².